The summed E-state index contributed by atoms with van der Waals surface area (Å²) in [7, 11) is 0. The van der Waals surface area contributed by atoms with Crippen molar-refractivity contribution in [1.29, 1.82) is 0 Å². The number of benzene rings is 10. The molecule has 69 heavy (non-hydrogen) atoms. The Morgan fingerprint density at radius 3 is 1.80 bits per heavy atom. The standard InChI is InChI=1S/C64H45BN2S2/c1-64(2,3)46-30-34-55(51(37-46)43-21-11-6-12-22-43)66-57-36-45(41-19-9-5-10-20-41)35-54-52-38-53-49-25-15-16-26-58(49)68-59(53)39-56(52)67(47-31-27-42(28-32-47)40-17-7-4-8-18-40)65(60(54)57)63-61(66)50-33-29-44-23-13-14-24-48(44)62(50)69-63/h4-39H,1-3H3. The topological polar surface area (TPSA) is 6.48 Å². The first-order valence-electron chi connectivity index (χ1n) is 23.9. The molecule has 14 rings (SSSR count). The second kappa shape index (κ2) is 15.4. The van der Waals surface area contributed by atoms with Gasteiger partial charge in [0.1, 0.15) is 0 Å². The van der Waals surface area contributed by atoms with Crippen LogP contribution in [0.1, 0.15) is 26.3 Å². The van der Waals surface area contributed by atoms with E-state index in [1.54, 1.807) is 0 Å². The molecule has 2 aromatic heterocycles. The zero-order valence-corrected chi connectivity index (χ0v) is 40.2. The zero-order valence-electron chi connectivity index (χ0n) is 38.6. The van der Waals surface area contributed by atoms with Gasteiger partial charge in [-0.1, -0.05) is 185 Å². The van der Waals surface area contributed by atoms with Crippen LogP contribution in [-0.4, -0.2) is 6.85 Å². The third-order valence-corrected chi connectivity index (χ3v) is 17.0. The predicted octanol–water partition coefficient (Wildman–Crippen LogP) is 17.4. The van der Waals surface area contributed by atoms with Crippen molar-refractivity contribution >= 4 is 109 Å². The Balaban J connectivity index is 1.15. The van der Waals surface area contributed by atoms with Crippen LogP contribution in [0.5, 0.6) is 0 Å². The minimum atomic E-state index is -0.127. The Labute approximate surface area is 411 Å². The third kappa shape index (κ3) is 6.31. The number of thiophene rings is 2. The van der Waals surface area contributed by atoms with Crippen LogP contribution < -0.4 is 20.0 Å². The fraction of sp³-hybridized carbons (Fsp3) is 0.0625. The molecular weight excluding hydrogens is 872 g/mol. The Morgan fingerprint density at radius 2 is 1.06 bits per heavy atom. The van der Waals surface area contributed by atoms with Crippen molar-refractivity contribution in [3.05, 3.63) is 224 Å². The summed E-state index contributed by atoms with van der Waals surface area (Å²) >= 11 is 3.87. The molecule has 0 radical (unpaired) electrons. The summed E-state index contributed by atoms with van der Waals surface area (Å²) in [5.41, 5.74) is 18.5. The van der Waals surface area contributed by atoms with Crippen molar-refractivity contribution in [3.63, 3.8) is 0 Å². The monoisotopic (exact) mass is 916 g/mol. The van der Waals surface area contributed by atoms with Crippen molar-refractivity contribution in [2.75, 3.05) is 9.71 Å². The number of hydrogen-bond donors (Lipinski definition) is 0. The lowest BCUT2D eigenvalue weighted by Gasteiger charge is -2.45. The summed E-state index contributed by atoms with van der Waals surface area (Å²) in [5.74, 6) is 0. The Morgan fingerprint density at radius 1 is 0.406 bits per heavy atom. The van der Waals surface area contributed by atoms with Crippen LogP contribution >= 0.6 is 22.7 Å². The minimum absolute atomic E-state index is 0.0436. The molecule has 5 heteroatoms. The van der Waals surface area contributed by atoms with Crippen LogP contribution in [0.15, 0.2) is 218 Å². The molecule has 0 N–H and O–H groups in total. The van der Waals surface area contributed by atoms with Gasteiger partial charge in [0.25, 0.3) is 0 Å². The van der Waals surface area contributed by atoms with Gasteiger partial charge in [0.15, 0.2) is 0 Å². The highest BCUT2D eigenvalue weighted by molar-refractivity contribution is 7.33. The highest BCUT2D eigenvalue weighted by Crippen LogP contribution is 2.54. The van der Waals surface area contributed by atoms with Crippen molar-refractivity contribution < 1.29 is 0 Å². The van der Waals surface area contributed by atoms with E-state index in [1.165, 1.54) is 130 Å². The van der Waals surface area contributed by atoms with E-state index >= 15 is 0 Å². The largest absolute Gasteiger partial charge is 0.376 e. The highest BCUT2D eigenvalue weighted by Gasteiger charge is 2.48. The molecule has 2 aliphatic rings. The van der Waals surface area contributed by atoms with Gasteiger partial charge in [0, 0.05) is 63.2 Å². The summed E-state index contributed by atoms with van der Waals surface area (Å²) in [5, 5.41) is 6.43. The fourth-order valence-corrected chi connectivity index (χ4v) is 13.8. The molecule has 0 unspecified atom stereocenters. The third-order valence-electron chi connectivity index (χ3n) is 14.6. The number of fused-ring (bicyclic) bond motifs is 11. The van der Waals surface area contributed by atoms with E-state index < -0.39 is 0 Å². The van der Waals surface area contributed by atoms with Gasteiger partial charge in [-0.2, -0.15) is 0 Å². The van der Waals surface area contributed by atoms with Crippen LogP contribution in [0, 0.1) is 0 Å². The average molecular weight is 917 g/mol. The average Bonchev–Trinajstić information content (AvgIpc) is 3.97. The molecule has 12 aromatic rings. The summed E-state index contributed by atoms with van der Waals surface area (Å²) in [6, 6.07) is 82.0. The van der Waals surface area contributed by atoms with Gasteiger partial charge in [-0.05, 0) is 115 Å². The number of hydrogen-bond acceptors (Lipinski definition) is 4. The molecule has 2 aliphatic heterocycles. The Bertz CT molecular complexity index is 4000. The lowest BCUT2D eigenvalue weighted by molar-refractivity contribution is 0.590. The van der Waals surface area contributed by atoms with Crippen LogP contribution in [0.4, 0.5) is 28.4 Å². The van der Waals surface area contributed by atoms with E-state index in [-0.39, 0.29) is 12.3 Å². The summed E-state index contributed by atoms with van der Waals surface area (Å²) in [6.07, 6.45) is 0. The first-order chi connectivity index (χ1) is 33.9. The quantitative estimate of drug-likeness (QED) is 0.159. The molecule has 2 nitrogen and oxygen atoms in total. The molecule has 10 aromatic carbocycles. The fourth-order valence-electron chi connectivity index (χ4n) is 11.2. The maximum absolute atomic E-state index is 2.69. The molecular formula is C64H45BN2S2. The normalized spacial score (nSPS) is 13.1. The van der Waals surface area contributed by atoms with Crippen LogP contribution in [-0.2, 0) is 5.41 Å². The van der Waals surface area contributed by atoms with Crippen molar-refractivity contribution in [1.82, 2.24) is 0 Å². The smallest absolute Gasteiger partial charge is 0.343 e. The SMILES string of the molecule is CC(C)(C)c1ccc(N2c3cc(-c4ccccc4)cc4c3B(c3sc5c(ccc6ccccc65)c32)N(c2ccc(-c3ccccc3)cc2)c2cc3sc5ccccc5c3cc2-4)c(-c2ccccc2)c1. The van der Waals surface area contributed by atoms with Gasteiger partial charge < -0.3 is 9.71 Å². The molecule has 0 saturated heterocycles. The number of nitrogens with zero attached hydrogens (tertiary/aromatic N) is 2. The predicted molar refractivity (Wildman–Crippen MR) is 301 cm³/mol. The van der Waals surface area contributed by atoms with E-state index in [0.717, 1.165) is 0 Å². The van der Waals surface area contributed by atoms with Gasteiger partial charge in [0.2, 0.25) is 0 Å². The van der Waals surface area contributed by atoms with Crippen molar-refractivity contribution in [2.24, 2.45) is 0 Å². The molecule has 326 valence electrons. The van der Waals surface area contributed by atoms with Gasteiger partial charge >= 0.3 is 6.85 Å². The lowest BCUT2D eigenvalue weighted by atomic mass is 9.46. The molecule has 4 heterocycles. The van der Waals surface area contributed by atoms with Crippen LogP contribution in [0.25, 0.3) is 85.5 Å². The Hall–Kier alpha value is -7.70. The molecule has 0 atom stereocenters. The second-order valence-electron chi connectivity index (χ2n) is 19.6. The van der Waals surface area contributed by atoms with Gasteiger partial charge in [0.05, 0.1) is 11.4 Å². The van der Waals surface area contributed by atoms with E-state index in [4.69, 9.17) is 0 Å². The molecule has 0 aliphatic carbocycles. The summed E-state index contributed by atoms with van der Waals surface area (Å²) in [4.78, 5) is 5.36. The maximum atomic E-state index is 2.69. The lowest BCUT2D eigenvalue weighted by Crippen LogP contribution is -2.60. The molecule has 0 spiro atoms. The van der Waals surface area contributed by atoms with Crippen LogP contribution in [0.2, 0.25) is 0 Å². The van der Waals surface area contributed by atoms with E-state index in [0.29, 0.717) is 0 Å². The number of anilines is 5. The zero-order chi connectivity index (χ0) is 46.0. The van der Waals surface area contributed by atoms with Crippen molar-refractivity contribution in [2.45, 2.75) is 26.2 Å². The molecule has 0 saturated carbocycles. The minimum Gasteiger partial charge on any atom is -0.376 e. The van der Waals surface area contributed by atoms with E-state index in [2.05, 4.69) is 249 Å². The first-order valence-corrected chi connectivity index (χ1v) is 25.6. The molecule has 0 bridgehead atoms. The second-order valence-corrected chi connectivity index (χ2v) is 21.8. The summed E-state index contributed by atoms with van der Waals surface area (Å²) in [6.45, 7) is 6.84. The number of rotatable bonds is 5. The van der Waals surface area contributed by atoms with E-state index in [9.17, 15) is 0 Å². The summed E-state index contributed by atoms with van der Waals surface area (Å²) < 4.78 is 5.27. The first kappa shape index (κ1) is 40.4. The maximum Gasteiger partial charge on any atom is 0.343 e. The van der Waals surface area contributed by atoms with Gasteiger partial charge in [-0.3, -0.25) is 0 Å². The molecule has 0 fully saturated rings. The van der Waals surface area contributed by atoms with Crippen molar-refractivity contribution in [3.8, 4) is 44.5 Å². The van der Waals surface area contributed by atoms with Crippen LogP contribution in [0.3, 0.4) is 0 Å². The van der Waals surface area contributed by atoms with E-state index in [1.807, 2.05) is 22.7 Å². The highest BCUT2D eigenvalue weighted by atomic mass is 32.1. The van der Waals surface area contributed by atoms with Gasteiger partial charge in [-0.25, -0.2) is 0 Å². The Kier molecular flexibility index (Phi) is 9.02. The molecule has 0 amide bonds. The van der Waals surface area contributed by atoms with Gasteiger partial charge in [-0.15, -0.1) is 22.7 Å².